The monoisotopic (exact) mass is 389 g/mol. The summed E-state index contributed by atoms with van der Waals surface area (Å²) in [6.45, 7) is 5.14. The van der Waals surface area contributed by atoms with Gasteiger partial charge >= 0.3 is 0 Å². The van der Waals surface area contributed by atoms with Crippen LogP contribution in [0.3, 0.4) is 0 Å². The van der Waals surface area contributed by atoms with Crippen LogP contribution in [0, 0.1) is 5.41 Å². The van der Waals surface area contributed by atoms with Crippen LogP contribution in [0.4, 0.5) is 0 Å². The van der Waals surface area contributed by atoms with Crippen LogP contribution in [-0.4, -0.2) is 34.9 Å². The number of aromatic nitrogens is 1. The zero-order valence-corrected chi connectivity index (χ0v) is 17.7. The predicted octanol–water partition coefficient (Wildman–Crippen LogP) is 4.57. The Hall–Kier alpha value is -2.46. The number of nitrogens with zero attached hydrogens (tertiary/aromatic N) is 2. The molecule has 3 atom stereocenters. The van der Waals surface area contributed by atoms with Gasteiger partial charge < -0.3 is 5.32 Å². The number of pyridine rings is 1. The molecule has 2 aliphatic rings. The normalized spacial score (nSPS) is 25.8. The highest BCUT2D eigenvalue weighted by Gasteiger charge is 2.58. The van der Waals surface area contributed by atoms with Gasteiger partial charge in [0.05, 0.1) is 11.1 Å². The van der Waals surface area contributed by atoms with E-state index in [1.54, 1.807) is 7.05 Å². The first kappa shape index (κ1) is 19.8. The molecule has 4 heteroatoms. The Labute approximate surface area is 174 Å². The van der Waals surface area contributed by atoms with Gasteiger partial charge in [-0.1, -0.05) is 42.0 Å². The van der Waals surface area contributed by atoms with Crippen molar-refractivity contribution in [3.63, 3.8) is 0 Å². The number of amides is 1. The largest absolute Gasteiger partial charge is 0.359 e. The standard InChI is InChI=1S/C25H31N3O/c1-18(2)13-14-25(24(29)26-3)16-21-11-12-23(25)28(21)17-19-7-9-20(10-8-19)22-6-4-5-15-27-22/h4-10,13,15,21,23H,11-12,14,16-17H2,1-3H3,(H,26,29)/t21-,23+,25+/m1/s1. The van der Waals surface area contributed by atoms with Gasteiger partial charge in [-0.2, -0.15) is 0 Å². The Morgan fingerprint density at radius 1 is 1.21 bits per heavy atom. The van der Waals surface area contributed by atoms with Gasteiger partial charge in [0, 0.05) is 37.4 Å². The highest BCUT2D eigenvalue weighted by Crippen LogP contribution is 2.52. The van der Waals surface area contributed by atoms with Crippen LogP contribution in [0.1, 0.15) is 45.1 Å². The minimum absolute atomic E-state index is 0.206. The van der Waals surface area contributed by atoms with Crippen LogP contribution in [0.2, 0.25) is 0 Å². The summed E-state index contributed by atoms with van der Waals surface area (Å²) in [5.74, 6) is 0.206. The number of fused-ring (bicyclic) bond motifs is 2. The summed E-state index contributed by atoms with van der Waals surface area (Å²) in [5, 5.41) is 2.96. The number of benzene rings is 1. The van der Waals surface area contributed by atoms with Crippen molar-refractivity contribution in [3.05, 3.63) is 65.9 Å². The van der Waals surface area contributed by atoms with Gasteiger partial charge in [0.2, 0.25) is 5.91 Å². The summed E-state index contributed by atoms with van der Waals surface area (Å²) in [4.78, 5) is 20.0. The minimum atomic E-state index is -0.289. The van der Waals surface area contributed by atoms with Gasteiger partial charge in [0.25, 0.3) is 0 Å². The predicted molar refractivity (Wildman–Crippen MR) is 117 cm³/mol. The second-order valence-electron chi connectivity index (χ2n) is 8.76. The quantitative estimate of drug-likeness (QED) is 0.736. The third-order valence-electron chi connectivity index (χ3n) is 6.71. The molecule has 152 valence electrons. The first-order valence-electron chi connectivity index (χ1n) is 10.6. The van der Waals surface area contributed by atoms with Crippen molar-refractivity contribution in [3.8, 4) is 11.3 Å². The molecule has 0 aliphatic carbocycles. The SMILES string of the molecule is CNC(=O)[C@@]1(CC=C(C)C)C[C@H]2CC[C@@H]1N2Cc1ccc(-c2ccccn2)cc1. The molecule has 2 saturated heterocycles. The molecule has 1 aromatic carbocycles. The Balaban J connectivity index is 1.54. The second kappa shape index (κ2) is 8.11. The molecular weight excluding hydrogens is 358 g/mol. The van der Waals surface area contributed by atoms with Crippen LogP contribution >= 0.6 is 0 Å². The Morgan fingerprint density at radius 3 is 2.66 bits per heavy atom. The molecule has 1 N–H and O–H groups in total. The van der Waals surface area contributed by atoms with E-state index < -0.39 is 0 Å². The fourth-order valence-corrected chi connectivity index (χ4v) is 5.26. The molecule has 1 aromatic heterocycles. The molecule has 2 aliphatic heterocycles. The van der Waals surface area contributed by atoms with Crippen molar-refractivity contribution in [2.24, 2.45) is 5.41 Å². The number of hydrogen-bond donors (Lipinski definition) is 1. The molecule has 2 fully saturated rings. The minimum Gasteiger partial charge on any atom is -0.359 e. The molecule has 3 heterocycles. The van der Waals surface area contributed by atoms with Crippen molar-refractivity contribution in [1.29, 1.82) is 0 Å². The number of nitrogens with one attached hydrogen (secondary N) is 1. The molecule has 0 saturated carbocycles. The molecular formula is C25H31N3O. The van der Waals surface area contributed by atoms with E-state index in [0.717, 1.165) is 37.1 Å². The molecule has 4 nitrogen and oxygen atoms in total. The van der Waals surface area contributed by atoms with Crippen LogP contribution in [0.15, 0.2) is 60.3 Å². The molecule has 0 spiro atoms. The molecule has 2 bridgehead atoms. The van der Waals surface area contributed by atoms with E-state index in [1.165, 1.54) is 17.6 Å². The van der Waals surface area contributed by atoms with Gasteiger partial charge in [-0.15, -0.1) is 0 Å². The first-order chi connectivity index (χ1) is 14.0. The Bertz CT molecular complexity index is 886. The Morgan fingerprint density at radius 2 is 2.00 bits per heavy atom. The summed E-state index contributed by atoms with van der Waals surface area (Å²) >= 11 is 0. The molecule has 4 rings (SSSR count). The number of hydrogen-bond acceptors (Lipinski definition) is 3. The van der Waals surface area contributed by atoms with Crippen LogP contribution in [-0.2, 0) is 11.3 Å². The van der Waals surface area contributed by atoms with Crippen LogP contribution < -0.4 is 5.32 Å². The Kier molecular flexibility index (Phi) is 5.55. The van der Waals surface area contributed by atoms with Crippen LogP contribution in [0.25, 0.3) is 11.3 Å². The lowest BCUT2D eigenvalue weighted by atomic mass is 9.70. The summed E-state index contributed by atoms with van der Waals surface area (Å²) in [6, 6.07) is 15.5. The number of carbonyl (C=O) groups is 1. The van der Waals surface area contributed by atoms with E-state index in [0.29, 0.717) is 12.1 Å². The van der Waals surface area contributed by atoms with E-state index in [2.05, 4.69) is 59.4 Å². The number of rotatable bonds is 6. The summed E-state index contributed by atoms with van der Waals surface area (Å²) < 4.78 is 0. The van der Waals surface area contributed by atoms with Gasteiger partial charge in [0.1, 0.15) is 0 Å². The maximum absolute atomic E-state index is 13.0. The topological polar surface area (TPSA) is 45.2 Å². The molecule has 1 amide bonds. The third-order valence-corrected chi connectivity index (χ3v) is 6.71. The lowest BCUT2D eigenvalue weighted by Gasteiger charge is -2.35. The fraction of sp³-hybridized carbons (Fsp3) is 0.440. The van der Waals surface area contributed by atoms with Crippen molar-refractivity contribution in [2.75, 3.05) is 7.05 Å². The van der Waals surface area contributed by atoms with Crippen molar-refractivity contribution < 1.29 is 4.79 Å². The van der Waals surface area contributed by atoms with E-state index >= 15 is 0 Å². The van der Waals surface area contributed by atoms with Gasteiger partial charge in [0.15, 0.2) is 0 Å². The highest BCUT2D eigenvalue weighted by atomic mass is 16.2. The maximum atomic E-state index is 13.0. The van der Waals surface area contributed by atoms with E-state index in [4.69, 9.17) is 0 Å². The second-order valence-corrected chi connectivity index (χ2v) is 8.76. The first-order valence-corrected chi connectivity index (χ1v) is 10.6. The number of allylic oxidation sites excluding steroid dienone is 2. The fourth-order valence-electron chi connectivity index (χ4n) is 5.26. The molecule has 29 heavy (non-hydrogen) atoms. The zero-order valence-electron chi connectivity index (χ0n) is 17.7. The van der Waals surface area contributed by atoms with Crippen molar-refractivity contribution >= 4 is 5.91 Å². The zero-order chi connectivity index (χ0) is 20.4. The van der Waals surface area contributed by atoms with Crippen LogP contribution in [0.5, 0.6) is 0 Å². The average Bonchev–Trinajstić information content (AvgIpc) is 3.28. The van der Waals surface area contributed by atoms with E-state index in [-0.39, 0.29) is 11.3 Å². The van der Waals surface area contributed by atoms with E-state index in [9.17, 15) is 4.79 Å². The summed E-state index contributed by atoms with van der Waals surface area (Å²) in [6.07, 6.45) is 8.19. The summed E-state index contributed by atoms with van der Waals surface area (Å²) in [7, 11) is 1.78. The molecule has 2 aromatic rings. The average molecular weight is 390 g/mol. The smallest absolute Gasteiger partial charge is 0.227 e. The molecule has 0 radical (unpaired) electrons. The number of carbonyl (C=O) groups excluding carboxylic acids is 1. The third kappa shape index (κ3) is 3.74. The van der Waals surface area contributed by atoms with Crippen molar-refractivity contribution in [1.82, 2.24) is 15.2 Å². The molecule has 0 unspecified atom stereocenters. The van der Waals surface area contributed by atoms with Gasteiger partial charge in [-0.05, 0) is 57.2 Å². The lowest BCUT2D eigenvalue weighted by Crippen LogP contribution is -2.47. The lowest BCUT2D eigenvalue weighted by molar-refractivity contribution is -0.132. The van der Waals surface area contributed by atoms with Gasteiger partial charge in [-0.25, -0.2) is 0 Å². The van der Waals surface area contributed by atoms with Crippen molar-refractivity contribution in [2.45, 2.75) is 58.2 Å². The summed E-state index contributed by atoms with van der Waals surface area (Å²) in [5.41, 5.74) is 4.44. The van der Waals surface area contributed by atoms with E-state index in [1.807, 2.05) is 24.4 Å². The maximum Gasteiger partial charge on any atom is 0.227 e. The van der Waals surface area contributed by atoms with Gasteiger partial charge in [-0.3, -0.25) is 14.7 Å². The highest BCUT2D eigenvalue weighted by molar-refractivity contribution is 5.84.